The summed E-state index contributed by atoms with van der Waals surface area (Å²) in [6, 6.07) is 7.52. The summed E-state index contributed by atoms with van der Waals surface area (Å²) in [4.78, 5) is 11.3. The first kappa shape index (κ1) is 13.8. The molecule has 1 fully saturated rings. The third kappa shape index (κ3) is 3.93. The van der Waals surface area contributed by atoms with Crippen molar-refractivity contribution in [1.82, 2.24) is 5.32 Å². The molecule has 0 aliphatic carbocycles. The van der Waals surface area contributed by atoms with E-state index in [1.807, 2.05) is 41.7 Å². The molecule has 1 aromatic rings. The van der Waals surface area contributed by atoms with Crippen molar-refractivity contribution in [2.75, 3.05) is 23.8 Å². The summed E-state index contributed by atoms with van der Waals surface area (Å²) in [5.41, 5.74) is 6.96. The van der Waals surface area contributed by atoms with E-state index in [2.05, 4.69) is 5.32 Å². The molecule has 0 aromatic heterocycles. The van der Waals surface area contributed by atoms with E-state index in [-0.39, 0.29) is 5.91 Å². The number of rotatable bonds is 5. The lowest BCUT2D eigenvalue weighted by atomic mass is 10.1. The molecule has 0 spiro atoms. The van der Waals surface area contributed by atoms with E-state index in [0.29, 0.717) is 17.4 Å². The highest BCUT2D eigenvalue weighted by Gasteiger charge is 2.14. The molecule has 1 aliphatic heterocycles. The first-order valence-electron chi connectivity index (χ1n) is 6.05. The zero-order valence-electron chi connectivity index (χ0n) is 10.2. The predicted octanol–water partition coefficient (Wildman–Crippen LogP) is 1.72. The Labute approximate surface area is 116 Å². The number of nitrogens with two attached hydrogens (primary N) is 1. The summed E-state index contributed by atoms with van der Waals surface area (Å²) in [7, 11) is 0. The van der Waals surface area contributed by atoms with Crippen LogP contribution in [-0.2, 0) is 6.54 Å². The van der Waals surface area contributed by atoms with Crippen molar-refractivity contribution < 1.29 is 4.79 Å². The maximum atomic E-state index is 11.3. The number of amides is 1. The minimum absolute atomic E-state index is 0.352. The van der Waals surface area contributed by atoms with Crippen molar-refractivity contribution >= 4 is 29.4 Å². The highest BCUT2D eigenvalue weighted by atomic mass is 32.2. The highest BCUT2D eigenvalue weighted by molar-refractivity contribution is 8.06. The third-order valence-electron chi connectivity index (χ3n) is 2.86. The fourth-order valence-electron chi connectivity index (χ4n) is 1.94. The Balaban J connectivity index is 1.84. The molecule has 1 aliphatic rings. The van der Waals surface area contributed by atoms with Gasteiger partial charge in [-0.05, 0) is 11.6 Å². The van der Waals surface area contributed by atoms with Crippen LogP contribution < -0.4 is 11.1 Å². The van der Waals surface area contributed by atoms with Crippen LogP contribution in [0.4, 0.5) is 0 Å². The van der Waals surface area contributed by atoms with Gasteiger partial charge in [0.15, 0.2) is 0 Å². The van der Waals surface area contributed by atoms with Gasteiger partial charge in [0.1, 0.15) is 0 Å². The van der Waals surface area contributed by atoms with E-state index in [0.717, 1.165) is 12.1 Å². The van der Waals surface area contributed by atoms with E-state index in [1.54, 1.807) is 6.07 Å². The average Bonchev–Trinajstić information content (AvgIpc) is 2.40. The summed E-state index contributed by atoms with van der Waals surface area (Å²) in [6.07, 6.45) is 0. The lowest BCUT2D eigenvalue weighted by Crippen LogP contribution is -2.29. The maximum Gasteiger partial charge on any atom is 0.249 e. The van der Waals surface area contributed by atoms with Gasteiger partial charge in [-0.15, -0.1) is 0 Å². The Kier molecular flexibility index (Phi) is 5.41. The lowest BCUT2D eigenvalue weighted by Gasteiger charge is -2.21. The molecular formula is C13H18N2OS2. The van der Waals surface area contributed by atoms with Crippen LogP contribution in [0.1, 0.15) is 15.9 Å². The molecular weight excluding hydrogens is 264 g/mol. The van der Waals surface area contributed by atoms with Gasteiger partial charge in [-0.3, -0.25) is 4.79 Å². The molecule has 2 rings (SSSR count). The minimum atomic E-state index is -0.352. The first-order chi connectivity index (χ1) is 8.77. The van der Waals surface area contributed by atoms with Crippen LogP contribution in [0.5, 0.6) is 0 Å². The number of hydrogen-bond acceptors (Lipinski definition) is 4. The summed E-state index contributed by atoms with van der Waals surface area (Å²) < 4.78 is 0. The second kappa shape index (κ2) is 7.07. The number of hydrogen-bond donors (Lipinski definition) is 2. The quantitative estimate of drug-likeness (QED) is 0.863. The molecule has 18 heavy (non-hydrogen) atoms. The molecule has 0 radical (unpaired) electrons. The Hall–Kier alpha value is -0.650. The number of carbonyl (C=O) groups excluding carboxylic acids is 1. The maximum absolute atomic E-state index is 11.3. The Bertz CT molecular complexity index is 406. The van der Waals surface area contributed by atoms with Crippen molar-refractivity contribution in [1.29, 1.82) is 0 Å². The fraction of sp³-hybridized carbons (Fsp3) is 0.462. The summed E-state index contributed by atoms with van der Waals surface area (Å²) in [6.45, 7) is 1.70. The van der Waals surface area contributed by atoms with Crippen LogP contribution in [0, 0.1) is 0 Å². The van der Waals surface area contributed by atoms with E-state index in [4.69, 9.17) is 5.73 Å². The Morgan fingerprint density at radius 1 is 1.39 bits per heavy atom. The third-order valence-corrected chi connectivity index (χ3v) is 5.70. The minimum Gasteiger partial charge on any atom is -0.366 e. The van der Waals surface area contributed by atoms with Gasteiger partial charge in [0.2, 0.25) is 5.91 Å². The number of nitrogens with one attached hydrogen (secondary N) is 1. The second-order valence-corrected chi connectivity index (χ2v) is 6.78. The van der Waals surface area contributed by atoms with Crippen molar-refractivity contribution in [2.45, 2.75) is 11.8 Å². The topological polar surface area (TPSA) is 55.1 Å². The number of carbonyl (C=O) groups is 1. The molecule has 0 saturated carbocycles. The molecule has 1 amide bonds. The van der Waals surface area contributed by atoms with Gasteiger partial charge in [-0.25, -0.2) is 0 Å². The van der Waals surface area contributed by atoms with Gasteiger partial charge in [0, 0.05) is 41.2 Å². The number of primary amides is 1. The molecule has 98 valence electrons. The summed E-state index contributed by atoms with van der Waals surface area (Å²) in [5.74, 6) is 3.38. The van der Waals surface area contributed by atoms with E-state index in [1.165, 1.54) is 17.3 Å². The fourth-order valence-corrected chi connectivity index (χ4v) is 4.58. The summed E-state index contributed by atoms with van der Waals surface area (Å²) >= 11 is 4.06. The SMILES string of the molecule is NC(=O)c1ccccc1CNCC1CSCCS1. The highest BCUT2D eigenvalue weighted by Crippen LogP contribution is 2.23. The van der Waals surface area contributed by atoms with Crippen LogP contribution >= 0.6 is 23.5 Å². The van der Waals surface area contributed by atoms with Crippen LogP contribution in [0.3, 0.4) is 0 Å². The zero-order chi connectivity index (χ0) is 12.8. The largest absolute Gasteiger partial charge is 0.366 e. The smallest absolute Gasteiger partial charge is 0.249 e. The number of benzene rings is 1. The molecule has 1 atom stereocenters. The molecule has 3 nitrogen and oxygen atoms in total. The standard InChI is InChI=1S/C13H18N2OS2/c14-13(16)12-4-2-1-3-10(12)7-15-8-11-9-17-5-6-18-11/h1-4,11,15H,5-9H2,(H2,14,16). The molecule has 3 N–H and O–H groups in total. The van der Waals surface area contributed by atoms with Gasteiger partial charge in [-0.2, -0.15) is 23.5 Å². The van der Waals surface area contributed by atoms with Crippen LogP contribution in [0.2, 0.25) is 0 Å². The van der Waals surface area contributed by atoms with Crippen molar-refractivity contribution in [2.24, 2.45) is 5.73 Å². The zero-order valence-corrected chi connectivity index (χ0v) is 11.9. The Morgan fingerprint density at radius 2 is 2.22 bits per heavy atom. The van der Waals surface area contributed by atoms with Crippen molar-refractivity contribution in [3.8, 4) is 0 Å². The van der Waals surface area contributed by atoms with Crippen molar-refractivity contribution in [3.63, 3.8) is 0 Å². The average molecular weight is 282 g/mol. The predicted molar refractivity (Wildman–Crippen MR) is 80.2 cm³/mol. The van der Waals surface area contributed by atoms with E-state index >= 15 is 0 Å². The van der Waals surface area contributed by atoms with Gasteiger partial charge in [0.05, 0.1) is 0 Å². The van der Waals surface area contributed by atoms with Gasteiger partial charge in [-0.1, -0.05) is 18.2 Å². The number of thioether (sulfide) groups is 2. The summed E-state index contributed by atoms with van der Waals surface area (Å²) in [5, 5.41) is 4.11. The Morgan fingerprint density at radius 3 is 2.94 bits per heavy atom. The van der Waals surface area contributed by atoms with Gasteiger partial charge in [0.25, 0.3) is 0 Å². The van der Waals surface area contributed by atoms with Gasteiger partial charge >= 0.3 is 0 Å². The lowest BCUT2D eigenvalue weighted by molar-refractivity contribution is 0.0999. The molecule has 1 saturated heterocycles. The molecule has 1 heterocycles. The first-order valence-corrected chi connectivity index (χ1v) is 8.25. The molecule has 5 heteroatoms. The normalized spacial score (nSPS) is 19.7. The van der Waals surface area contributed by atoms with Crippen molar-refractivity contribution in [3.05, 3.63) is 35.4 Å². The van der Waals surface area contributed by atoms with Crippen LogP contribution in [0.15, 0.2) is 24.3 Å². The molecule has 1 unspecified atom stereocenters. The van der Waals surface area contributed by atoms with Crippen LogP contribution in [-0.4, -0.2) is 35.0 Å². The van der Waals surface area contributed by atoms with E-state index in [9.17, 15) is 4.79 Å². The molecule has 0 bridgehead atoms. The molecule has 1 aromatic carbocycles. The van der Waals surface area contributed by atoms with Gasteiger partial charge < -0.3 is 11.1 Å². The van der Waals surface area contributed by atoms with Crippen LogP contribution in [0.25, 0.3) is 0 Å². The monoisotopic (exact) mass is 282 g/mol. The second-order valence-electron chi connectivity index (χ2n) is 4.22. The van der Waals surface area contributed by atoms with E-state index < -0.39 is 0 Å².